The number of nitrogens with two attached hydrogens (primary N) is 7. The fraction of sp³-hybridized carbons (Fsp3) is 1.00. The lowest BCUT2D eigenvalue weighted by atomic mass is 9.64. The summed E-state index contributed by atoms with van der Waals surface area (Å²) < 4.78 is 5.11. The first-order valence-corrected chi connectivity index (χ1v) is 9.21. The van der Waals surface area contributed by atoms with Gasteiger partial charge < -0.3 is 70.6 Å². The molecule has 0 aromatic carbocycles. The lowest BCUT2D eigenvalue weighted by Crippen LogP contribution is -2.85. The van der Waals surface area contributed by atoms with E-state index >= 15 is 0 Å². The minimum atomic E-state index is -2.16. The Hall–Kier alpha value is -0.520. The highest BCUT2D eigenvalue weighted by Gasteiger charge is 2.62. The van der Waals surface area contributed by atoms with E-state index in [2.05, 4.69) is 5.32 Å². The minimum Gasteiger partial charge on any atom is -0.386 e. The third kappa shape index (κ3) is 5.99. The number of hydrogen-bond donors (Lipinski definition) is 12. The average Bonchev–Trinajstić information content (AvgIpc) is 2.64. The van der Waals surface area contributed by atoms with E-state index in [0.29, 0.717) is 0 Å². The molecule has 0 saturated heterocycles. The van der Waals surface area contributed by atoms with Crippen molar-refractivity contribution in [3.05, 3.63) is 0 Å². The molecule has 0 aliphatic heterocycles. The van der Waals surface area contributed by atoms with Crippen molar-refractivity contribution in [3.63, 3.8) is 0 Å². The van der Waals surface area contributed by atoms with Gasteiger partial charge in [-0.05, 0) is 6.92 Å². The molecule has 0 rings (SSSR count). The molecule has 19 N–H and O–H groups in total. The van der Waals surface area contributed by atoms with Gasteiger partial charge in [-0.15, -0.1) is 0 Å². The van der Waals surface area contributed by atoms with Crippen LogP contribution in [-0.2, 0) is 4.74 Å². The van der Waals surface area contributed by atoms with E-state index in [0.717, 1.165) is 0 Å². The van der Waals surface area contributed by atoms with Gasteiger partial charge in [-0.25, -0.2) is 0 Å². The molecule has 0 fully saturated rings. The Bertz CT molecular complexity index is 435. The first kappa shape index (κ1) is 27.5. The first-order valence-electron chi connectivity index (χ1n) is 9.21. The van der Waals surface area contributed by atoms with Crippen LogP contribution in [0.25, 0.3) is 0 Å². The van der Waals surface area contributed by atoms with E-state index in [-0.39, 0.29) is 32.7 Å². The Morgan fingerprint density at radius 2 is 1.57 bits per heavy atom. The summed E-state index contributed by atoms with van der Waals surface area (Å²) in [5, 5.41) is 45.5. The van der Waals surface area contributed by atoms with Crippen molar-refractivity contribution in [2.24, 2.45) is 40.1 Å². The van der Waals surface area contributed by atoms with Crippen LogP contribution in [0.4, 0.5) is 0 Å². The summed E-state index contributed by atoms with van der Waals surface area (Å²) in [6.07, 6.45) is -5.37. The molecule has 0 heterocycles. The number of nitrogens with one attached hydrogen (secondary N) is 1. The molecule has 13 nitrogen and oxygen atoms in total. The summed E-state index contributed by atoms with van der Waals surface area (Å²) in [5.41, 5.74) is 36.4. The zero-order valence-corrected chi connectivity index (χ0v) is 16.4. The van der Waals surface area contributed by atoms with Crippen molar-refractivity contribution in [2.45, 2.75) is 61.2 Å². The summed E-state index contributed by atoms with van der Waals surface area (Å²) >= 11 is 0. The van der Waals surface area contributed by atoms with Gasteiger partial charge in [0.05, 0.1) is 18.2 Å². The zero-order chi connectivity index (χ0) is 22.1. The molecule has 170 valence electrons. The maximum atomic E-state index is 11.5. The van der Waals surface area contributed by atoms with E-state index in [1.54, 1.807) is 0 Å². The topological polar surface area (TPSA) is 284 Å². The Balaban J connectivity index is 6.51. The van der Waals surface area contributed by atoms with E-state index in [4.69, 9.17) is 44.9 Å². The second-order valence-corrected chi connectivity index (χ2v) is 7.00. The van der Waals surface area contributed by atoms with Gasteiger partial charge in [-0.3, -0.25) is 0 Å². The van der Waals surface area contributed by atoms with E-state index in [9.17, 15) is 20.4 Å². The van der Waals surface area contributed by atoms with Gasteiger partial charge >= 0.3 is 0 Å². The highest BCUT2D eigenvalue weighted by molar-refractivity contribution is 5.21. The van der Waals surface area contributed by atoms with Crippen LogP contribution in [0.1, 0.15) is 13.3 Å². The highest BCUT2D eigenvalue weighted by atomic mass is 16.6. The Kier molecular flexibility index (Phi) is 12.0. The van der Waals surface area contributed by atoms with Crippen molar-refractivity contribution in [2.75, 3.05) is 32.8 Å². The molecular weight excluding hydrogens is 372 g/mol. The van der Waals surface area contributed by atoms with Crippen LogP contribution in [0.2, 0.25) is 0 Å². The standard InChI is InChI=1S/C15H40N8O5/c1-8(19)11(22)14(27,7-18)15(23-4-2-16,9(20)6-10(21)24)12(25)13(26)28-5-3-17/h8-13,23-27H,2-7,16-22H2,1H3. The Morgan fingerprint density at radius 1 is 1.00 bits per heavy atom. The summed E-state index contributed by atoms with van der Waals surface area (Å²) in [5.74, 6) is 0. The number of aliphatic hydroxyl groups excluding tert-OH is 3. The molecule has 0 aliphatic carbocycles. The Morgan fingerprint density at radius 3 is 1.96 bits per heavy atom. The molecule has 0 aromatic heterocycles. The highest BCUT2D eigenvalue weighted by Crippen LogP contribution is 2.35. The molecule has 0 aromatic rings. The maximum Gasteiger partial charge on any atom is 0.182 e. The second kappa shape index (κ2) is 12.2. The van der Waals surface area contributed by atoms with Crippen LogP contribution >= 0.6 is 0 Å². The lowest BCUT2D eigenvalue weighted by molar-refractivity contribution is -0.223. The number of hydrogen-bond acceptors (Lipinski definition) is 13. The fourth-order valence-corrected chi connectivity index (χ4v) is 3.43. The first-order chi connectivity index (χ1) is 13.0. The number of rotatable bonds is 15. The number of aliphatic hydroxyl groups is 4. The average molecular weight is 413 g/mol. The van der Waals surface area contributed by atoms with Crippen LogP contribution in [-0.4, -0.2) is 101 Å². The fourth-order valence-electron chi connectivity index (χ4n) is 3.43. The molecule has 0 aliphatic rings. The van der Waals surface area contributed by atoms with Gasteiger partial charge in [0.1, 0.15) is 17.9 Å². The van der Waals surface area contributed by atoms with E-state index in [1.807, 2.05) is 0 Å². The third-order valence-corrected chi connectivity index (χ3v) is 4.93. The van der Waals surface area contributed by atoms with Gasteiger partial charge in [0.25, 0.3) is 0 Å². The van der Waals surface area contributed by atoms with Crippen LogP contribution in [0.3, 0.4) is 0 Å². The zero-order valence-electron chi connectivity index (χ0n) is 16.4. The molecule has 0 amide bonds. The quantitative estimate of drug-likeness (QED) is 0.111. The molecule has 0 radical (unpaired) electrons. The molecule has 0 saturated carbocycles. The lowest BCUT2D eigenvalue weighted by Gasteiger charge is -2.56. The predicted molar refractivity (Wildman–Crippen MR) is 105 cm³/mol. The van der Waals surface area contributed by atoms with Gasteiger partial charge in [0.2, 0.25) is 0 Å². The summed E-state index contributed by atoms with van der Waals surface area (Å²) in [7, 11) is 0. The van der Waals surface area contributed by atoms with Crippen molar-refractivity contribution in [3.8, 4) is 0 Å². The van der Waals surface area contributed by atoms with Crippen LogP contribution in [0, 0.1) is 0 Å². The van der Waals surface area contributed by atoms with Crippen molar-refractivity contribution in [1.82, 2.24) is 5.32 Å². The van der Waals surface area contributed by atoms with Gasteiger partial charge in [0, 0.05) is 44.7 Å². The normalized spacial score (nSPS) is 23.1. The van der Waals surface area contributed by atoms with E-state index in [1.165, 1.54) is 6.92 Å². The minimum absolute atomic E-state index is 0.0447. The van der Waals surface area contributed by atoms with Gasteiger partial charge in [-0.1, -0.05) is 0 Å². The van der Waals surface area contributed by atoms with Crippen LogP contribution < -0.4 is 45.5 Å². The third-order valence-electron chi connectivity index (χ3n) is 4.93. The van der Waals surface area contributed by atoms with Crippen LogP contribution in [0.5, 0.6) is 0 Å². The summed E-state index contributed by atoms with van der Waals surface area (Å²) in [6, 6.07) is -3.22. The monoisotopic (exact) mass is 412 g/mol. The predicted octanol–water partition coefficient (Wildman–Crippen LogP) is -6.71. The largest absolute Gasteiger partial charge is 0.386 e. The van der Waals surface area contributed by atoms with Crippen molar-refractivity contribution >= 4 is 0 Å². The Labute approximate surface area is 165 Å². The second-order valence-electron chi connectivity index (χ2n) is 7.00. The summed E-state index contributed by atoms with van der Waals surface area (Å²) in [6.45, 7) is 1.16. The molecule has 28 heavy (non-hydrogen) atoms. The van der Waals surface area contributed by atoms with Gasteiger partial charge in [-0.2, -0.15) is 0 Å². The molecule has 13 heteroatoms. The van der Waals surface area contributed by atoms with Gasteiger partial charge in [0.15, 0.2) is 6.29 Å². The molecule has 8 atom stereocenters. The molecule has 0 bridgehead atoms. The molecule has 0 spiro atoms. The van der Waals surface area contributed by atoms with Crippen molar-refractivity contribution < 1.29 is 25.2 Å². The van der Waals surface area contributed by atoms with Crippen molar-refractivity contribution in [1.29, 1.82) is 0 Å². The number of ether oxygens (including phenoxy) is 1. The van der Waals surface area contributed by atoms with Crippen LogP contribution in [0.15, 0.2) is 0 Å². The van der Waals surface area contributed by atoms with E-state index < -0.39 is 54.4 Å². The smallest absolute Gasteiger partial charge is 0.182 e. The molecule has 8 unspecified atom stereocenters. The maximum absolute atomic E-state index is 11.5. The molecular formula is C15H40N8O5. The SMILES string of the molecule is CC(N)C(N)C(O)(CN)C(NCCN)(C(N)CC(N)O)C(O)C(O)OCCN. The summed E-state index contributed by atoms with van der Waals surface area (Å²) in [4.78, 5) is 0.